The summed E-state index contributed by atoms with van der Waals surface area (Å²) in [6.45, 7) is 7.93. The molecule has 30 heavy (non-hydrogen) atoms. The van der Waals surface area contributed by atoms with E-state index >= 15 is 0 Å². The Bertz CT molecular complexity index is 928. The third kappa shape index (κ3) is 4.97. The fraction of sp³-hybridized carbons (Fsp3) is 0.435. The second kappa shape index (κ2) is 10.2. The number of methoxy groups -OCH3 is 1. The van der Waals surface area contributed by atoms with Gasteiger partial charge in [0.15, 0.2) is 5.78 Å². The summed E-state index contributed by atoms with van der Waals surface area (Å²) in [7, 11) is 3.28. The number of aromatic nitrogens is 1. The van der Waals surface area contributed by atoms with E-state index in [1.54, 1.807) is 51.6 Å². The molecule has 7 heteroatoms. The number of aryl methyl sites for hydroxylation is 1. The van der Waals surface area contributed by atoms with Gasteiger partial charge in [0.1, 0.15) is 5.69 Å². The van der Waals surface area contributed by atoms with Crippen molar-refractivity contribution >= 4 is 17.7 Å². The van der Waals surface area contributed by atoms with Crippen molar-refractivity contribution in [3.63, 3.8) is 0 Å². The average molecular weight is 415 g/mol. The maximum absolute atomic E-state index is 13.2. The Morgan fingerprint density at radius 3 is 2.27 bits per heavy atom. The zero-order valence-electron chi connectivity index (χ0n) is 18.6. The van der Waals surface area contributed by atoms with E-state index in [0.717, 1.165) is 5.56 Å². The topological polar surface area (TPSA) is 77.8 Å². The zero-order chi connectivity index (χ0) is 22.4. The van der Waals surface area contributed by atoms with Gasteiger partial charge in [-0.3, -0.25) is 9.59 Å². The van der Waals surface area contributed by atoms with E-state index in [0.29, 0.717) is 34.7 Å². The van der Waals surface area contributed by atoms with Crippen LogP contribution in [0.3, 0.4) is 0 Å². The molecule has 0 atom stereocenters. The first-order valence-corrected chi connectivity index (χ1v) is 9.93. The summed E-state index contributed by atoms with van der Waals surface area (Å²) >= 11 is 0. The maximum atomic E-state index is 13.2. The first-order chi connectivity index (χ1) is 14.2. The number of rotatable bonds is 9. The summed E-state index contributed by atoms with van der Waals surface area (Å²) < 4.78 is 11.9. The van der Waals surface area contributed by atoms with Crippen LogP contribution in [0.1, 0.15) is 54.9 Å². The van der Waals surface area contributed by atoms with Crippen molar-refractivity contribution in [2.75, 3.05) is 33.4 Å². The molecule has 1 aromatic heterocycles. The Labute approximate surface area is 177 Å². The Kier molecular flexibility index (Phi) is 7.94. The SMILES string of the molecule is CCOC(=O)c1c(C)c(C(=O)CN(CCOC)C(=O)c2ccc(C)cc2)c(C)n1C. The number of hydrogen-bond acceptors (Lipinski definition) is 5. The first-order valence-electron chi connectivity index (χ1n) is 9.93. The van der Waals surface area contributed by atoms with Gasteiger partial charge in [-0.15, -0.1) is 0 Å². The van der Waals surface area contributed by atoms with Crippen molar-refractivity contribution in [1.82, 2.24) is 9.47 Å². The number of esters is 1. The number of hydrogen-bond donors (Lipinski definition) is 0. The largest absolute Gasteiger partial charge is 0.461 e. The van der Waals surface area contributed by atoms with Crippen LogP contribution in [0.5, 0.6) is 0 Å². The van der Waals surface area contributed by atoms with Gasteiger partial charge in [0, 0.05) is 37.5 Å². The molecular formula is C23H30N2O5. The Balaban J connectivity index is 2.33. The van der Waals surface area contributed by atoms with E-state index in [9.17, 15) is 14.4 Å². The van der Waals surface area contributed by atoms with Gasteiger partial charge >= 0.3 is 5.97 Å². The van der Waals surface area contributed by atoms with Gasteiger partial charge in [-0.1, -0.05) is 17.7 Å². The lowest BCUT2D eigenvalue weighted by molar-refractivity contribution is 0.0514. The van der Waals surface area contributed by atoms with Gasteiger partial charge in [0.05, 0.1) is 19.8 Å². The normalized spacial score (nSPS) is 10.7. The predicted molar refractivity (Wildman–Crippen MR) is 114 cm³/mol. The van der Waals surface area contributed by atoms with E-state index in [1.807, 2.05) is 19.1 Å². The lowest BCUT2D eigenvalue weighted by Crippen LogP contribution is -2.38. The highest BCUT2D eigenvalue weighted by atomic mass is 16.5. The molecule has 2 aromatic rings. The fourth-order valence-electron chi connectivity index (χ4n) is 3.46. The zero-order valence-corrected chi connectivity index (χ0v) is 18.6. The minimum absolute atomic E-state index is 0.107. The Hall–Kier alpha value is -2.93. The Morgan fingerprint density at radius 2 is 1.70 bits per heavy atom. The number of nitrogens with zero attached hydrogens (tertiary/aromatic N) is 2. The third-order valence-electron chi connectivity index (χ3n) is 5.16. The molecule has 7 nitrogen and oxygen atoms in total. The number of carbonyl (C=O) groups is 3. The average Bonchev–Trinajstić information content (AvgIpc) is 2.93. The maximum Gasteiger partial charge on any atom is 0.355 e. The third-order valence-corrected chi connectivity index (χ3v) is 5.16. The first kappa shape index (κ1) is 23.3. The van der Waals surface area contributed by atoms with Crippen LogP contribution in [0.25, 0.3) is 0 Å². The molecule has 1 amide bonds. The van der Waals surface area contributed by atoms with Crippen molar-refractivity contribution < 1.29 is 23.9 Å². The summed E-state index contributed by atoms with van der Waals surface area (Å²) in [4.78, 5) is 40.0. The lowest BCUT2D eigenvalue weighted by Gasteiger charge is -2.22. The van der Waals surface area contributed by atoms with Crippen LogP contribution in [0, 0.1) is 20.8 Å². The minimum Gasteiger partial charge on any atom is -0.461 e. The quantitative estimate of drug-likeness (QED) is 0.465. The van der Waals surface area contributed by atoms with Gasteiger partial charge < -0.3 is 18.9 Å². The molecule has 0 N–H and O–H groups in total. The van der Waals surface area contributed by atoms with E-state index < -0.39 is 5.97 Å². The molecule has 162 valence electrons. The van der Waals surface area contributed by atoms with E-state index in [4.69, 9.17) is 9.47 Å². The van der Waals surface area contributed by atoms with E-state index in [2.05, 4.69) is 0 Å². The van der Waals surface area contributed by atoms with Crippen molar-refractivity contribution in [2.24, 2.45) is 7.05 Å². The van der Waals surface area contributed by atoms with Crippen molar-refractivity contribution in [2.45, 2.75) is 27.7 Å². The number of ether oxygens (including phenoxy) is 2. The molecule has 1 aromatic carbocycles. The highest BCUT2D eigenvalue weighted by Crippen LogP contribution is 2.23. The molecule has 0 aliphatic rings. The molecule has 0 saturated heterocycles. The smallest absolute Gasteiger partial charge is 0.355 e. The summed E-state index contributed by atoms with van der Waals surface area (Å²) in [6.07, 6.45) is 0. The molecule has 0 spiro atoms. The van der Waals surface area contributed by atoms with Gasteiger partial charge in [0.25, 0.3) is 5.91 Å². The van der Waals surface area contributed by atoms with Crippen LogP contribution in [-0.4, -0.2) is 60.5 Å². The van der Waals surface area contributed by atoms with Crippen LogP contribution in [0.15, 0.2) is 24.3 Å². The van der Waals surface area contributed by atoms with E-state index in [-0.39, 0.29) is 31.4 Å². The highest BCUT2D eigenvalue weighted by molar-refractivity contribution is 6.06. The lowest BCUT2D eigenvalue weighted by atomic mass is 10.0. The minimum atomic E-state index is -0.466. The molecule has 0 radical (unpaired) electrons. The summed E-state index contributed by atoms with van der Waals surface area (Å²) in [5.41, 5.74) is 3.58. The second-order valence-corrected chi connectivity index (χ2v) is 7.22. The molecule has 1 heterocycles. The van der Waals surface area contributed by atoms with Crippen LogP contribution >= 0.6 is 0 Å². The van der Waals surface area contributed by atoms with Gasteiger partial charge in [-0.25, -0.2) is 4.79 Å². The molecule has 0 saturated carbocycles. The van der Waals surface area contributed by atoms with Crippen molar-refractivity contribution in [3.05, 3.63) is 57.9 Å². The van der Waals surface area contributed by atoms with Gasteiger partial charge in [-0.05, 0) is 45.4 Å². The summed E-state index contributed by atoms with van der Waals surface area (Å²) in [5, 5.41) is 0. The number of Topliss-reactive ketones (excluding diaryl/α,β-unsaturated/α-hetero) is 1. The van der Waals surface area contributed by atoms with Crippen LogP contribution < -0.4 is 0 Å². The standard InChI is InChI=1S/C23H30N2O5/c1-7-30-23(28)21-16(3)20(17(4)24(21)5)19(26)14-25(12-13-29-6)22(27)18-10-8-15(2)9-11-18/h8-11H,7,12-14H2,1-6H3. The number of amides is 1. The van der Waals surface area contributed by atoms with Crippen LogP contribution in [0.2, 0.25) is 0 Å². The van der Waals surface area contributed by atoms with Gasteiger partial charge in [0.2, 0.25) is 0 Å². The predicted octanol–water partition coefficient (Wildman–Crippen LogP) is 3.10. The molecule has 0 unspecified atom stereocenters. The Morgan fingerprint density at radius 1 is 1.07 bits per heavy atom. The van der Waals surface area contributed by atoms with Crippen molar-refractivity contribution in [1.29, 1.82) is 0 Å². The monoisotopic (exact) mass is 414 g/mol. The highest BCUT2D eigenvalue weighted by Gasteiger charge is 2.28. The number of benzene rings is 1. The summed E-state index contributed by atoms with van der Waals surface area (Å²) in [5.74, 6) is -0.934. The molecule has 0 aliphatic carbocycles. The number of ketones is 1. The molecule has 0 aliphatic heterocycles. The van der Waals surface area contributed by atoms with Gasteiger partial charge in [-0.2, -0.15) is 0 Å². The fourth-order valence-corrected chi connectivity index (χ4v) is 3.46. The molecular weight excluding hydrogens is 384 g/mol. The molecule has 0 bridgehead atoms. The second-order valence-electron chi connectivity index (χ2n) is 7.22. The molecule has 2 rings (SSSR count). The van der Waals surface area contributed by atoms with Crippen LogP contribution in [-0.2, 0) is 16.5 Å². The number of carbonyl (C=O) groups excluding carboxylic acids is 3. The van der Waals surface area contributed by atoms with Crippen LogP contribution in [0.4, 0.5) is 0 Å². The molecule has 0 fully saturated rings. The van der Waals surface area contributed by atoms with Crippen molar-refractivity contribution in [3.8, 4) is 0 Å². The summed E-state index contributed by atoms with van der Waals surface area (Å²) in [6, 6.07) is 7.22. The van der Waals surface area contributed by atoms with E-state index in [1.165, 1.54) is 4.90 Å².